The van der Waals surface area contributed by atoms with Crippen LogP contribution in [0.3, 0.4) is 0 Å². The number of benzene rings is 1. The van der Waals surface area contributed by atoms with Crippen molar-refractivity contribution in [2.45, 2.75) is 25.8 Å². The van der Waals surface area contributed by atoms with E-state index in [4.69, 9.17) is 0 Å². The van der Waals surface area contributed by atoms with E-state index in [-0.39, 0.29) is 18.5 Å². The van der Waals surface area contributed by atoms with Crippen LogP contribution in [0.1, 0.15) is 25.3 Å². The van der Waals surface area contributed by atoms with Crippen LogP contribution in [0.4, 0.5) is 4.39 Å². The second-order valence-electron chi connectivity index (χ2n) is 5.37. The molecule has 6 heteroatoms. The summed E-state index contributed by atoms with van der Waals surface area (Å²) in [6.07, 6.45) is 0. The number of rotatable bonds is 4. The molecule has 1 aromatic carbocycles. The zero-order chi connectivity index (χ0) is 15.6. The molecule has 0 spiro atoms. The summed E-state index contributed by atoms with van der Waals surface area (Å²) in [5.74, 6) is -3.58. The highest BCUT2D eigenvalue weighted by Crippen LogP contribution is 2.30. The highest BCUT2D eigenvalue weighted by molar-refractivity contribution is 6.38. The Balaban J connectivity index is 2.22. The van der Waals surface area contributed by atoms with Crippen LogP contribution in [0.25, 0.3) is 0 Å². The van der Waals surface area contributed by atoms with Crippen molar-refractivity contribution < 1.29 is 18.8 Å². The van der Waals surface area contributed by atoms with Gasteiger partial charge < -0.3 is 10.6 Å². The van der Waals surface area contributed by atoms with Crippen molar-refractivity contribution in [3.63, 3.8) is 0 Å². The molecule has 21 heavy (non-hydrogen) atoms. The fourth-order valence-corrected chi connectivity index (χ4v) is 2.42. The number of ketones is 1. The van der Waals surface area contributed by atoms with Crippen molar-refractivity contribution in [3.05, 3.63) is 35.6 Å². The quantitative estimate of drug-likeness (QED) is 0.804. The Labute approximate surface area is 121 Å². The predicted octanol–water partition coefficient (Wildman–Crippen LogP) is 0.749. The van der Waals surface area contributed by atoms with E-state index in [2.05, 4.69) is 10.6 Å². The van der Waals surface area contributed by atoms with E-state index in [9.17, 15) is 18.8 Å². The van der Waals surface area contributed by atoms with Crippen molar-refractivity contribution in [3.8, 4) is 0 Å². The zero-order valence-electron chi connectivity index (χ0n) is 11.9. The standard InChI is InChI=1S/C15H17FN2O3/c1-8(2)18-15(21)13(19)11-7-17-14(20)12(11)9-3-5-10(16)6-4-9/h3-6,8,11-12H,7H2,1-2H3,(H,17,20)(H,18,21)/t11-,12+/m0/s1. The van der Waals surface area contributed by atoms with Crippen molar-refractivity contribution in [1.29, 1.82) is 0 Å². The Morgan fingerprint density at radius 3 is 2.48 bits per heavy atom. The molecule has 1 aromatic rings. The van der Waals surface area contributed by atoms with Crippen LogP contribution >= 0.6 is 0 Å². The topological polar surface area (TPSA) is 75.3 Å². The van der Waals surface area contributed by atoms with Crippen LogP contribution < -0.4 is 10.6 Å². The van der Waals surface area contributed by atoms with Crippen LogP contribution in [-0.4, -0.2) is 30.2 Å². The van der Waals surface area contributed by atoms with E-state index in [1.54, 1.807) is 13.8 Å². The third-order valence-electron chi connectivity index (χ3n) is 3.39. The maximum Gasteiger partial charge on any atom is 0.287 e. The summed E-state index contributed by atoms with van der Waals surface area (Å²) < 4.78 is 13.0. The molecule has 2 atom stereocenters. The Morgan fingerprint density at radius 1 is 1.29 bits per heavy atom. The first kappa shape index (κ1) is 15.2. The van der Waals surface area contributed by atoms with Gasteiger partial charge in [-0.3, -0.25) is 14.4 Å². The number of carbonyl (C=O) groups is 3. The van der Waals surface area contributed by atoms with Gasteiger partial charge in [0.05, 0.1) is 11.8 Å². The Hall–Kier alpha value is -2.24. The predicted molar refractivity (Wildman–Crippen MR) is 73.9 cm³/mol. The average molecular weight is 292 g/mol. The third-order valence-corrected chi connectivity index (χ3v) is 3.39. The van der Waals surface area contributed by atoms with Gasteiger partial charge in [0.15, 0.2) is 0 Å². The monoisotopic (exact) mass is 292 g/mol. The van der Waals surface area contributed by atoms with E-state index in [0.29, 0.717) is 5.56 Å². The summed E-state index contributed by atoms with van der Waals surface area (Å²) in [6, 6.07) is 5.24. The van der Waals surface area contributed by atoms with Gasteiger partial charge in [0.2, 0.25) is 11.7 Å². The zero-order valence-corrected chi connectivity index (χ0v) is 11.9. The van der Waals surface area contributed by atoms with E-state index in [1.807, 2.05) is 0 Å². The van der Waals surface area contributed by atoms with Gasteiger partial charge in [-0.25, -0.2) is 4.39 Å². The molecule has 1 saturated heterocycles. The second kappa shape index (κ2) is 6.03. The molecule has 1 aliphatic heterocycles. The molecule has 0 aliphatic carbocycles. The van der Waals surface area contributed by atoms with Gasteiger partial charge in [0.1, 0.15) is 5.82 Å². The van der Waals surface area contributed by atoms with E-state index < -0.39 is 29.3 Å². The number of nitrogens with one attached hydrogen (secondary N) is 2. The smallest absolute Gasteiger partial charge is 0.287 e. The van der Waals surface area contributed by atoms with Gasteiger partial charge in [0.25, 0.3) is 5.91 Å². The molecule has 1 fully saturated rings. The van der Waals surface area contributed by atoms with Gasteiger partial charge in [-0.15, -0.1) is 0 Å². The molecule has 0 radical (unpaired) electrons. The molecular weight excluding hydrogens is 275 g/mol. The number of Topliss-reactive ketones (excluding diaryl/α,β-unsaturated/α-hetero) is 1. The first-order valence-corrected chi connectivity index (χ1v) is 6.78. The largest absolute Gasteiger partial charge is 0.355 e. The second-order valence-corrected chi connectivity index (χ2v) is 5.37. The van der Waals surface area contributed by atoms with Crippen molar-refractivity contribution in [2.24, 2.45) is 5.92 Å². The first-order valence-electron chi connectivity index (χ1n) is 6.78. The van der Waals surface area contributed by atoms with Crippen LogP contribution in [0.15, 0.2) is 24.3 Å². The maximum absolute atomic E-state index is 13.0. The molecule has 1 aliphatic rings. The molecule has 5 nitrogen and oxygen atoms in total. The van der Waals surface area contributed by atoms with Crippen LogP contribution in [-0.2, 0) is 14.4 Å². The van der Waals surface area contributed by atoms with Crippen molar-refractivity contribution in [2.75, 3.05) is 6.54 Å². The summed E-state index contributed by atoms with van der Waals surface area (Å²) >= 11 is 0. The van der Waals surface area contributed by atoms with Crippen LogP contribution in [0, 0.1) is 11.7 Å². The fourth-order valence-electron chi connectivity index (χ4n) is 2.42. The highest BCUT2D eigenvalue weighted by atomic mass is 19.1. The number of hydrogen-bond donors (Lipinski definition) is 2. The third kappa shape index (κ3) is 3.26. The molecule has 0 aromatic heterocycles. The molecule has 2 N–H and O–H groups in total. The van der Waals surface area contributed by atoms with E-state index in [1.165, 1.54) is 24.3 Å². The number of hydrogen-bond acceptors (Lipinski definition) is 3. The van der Waals surface area contributed by atoms with Crippen LogP contribution in [0.2, 0.25) is 0 Å². The molecule has 0 unspecified atom stereocenters. The number of carbonyl (C=O) groups excluding carboxylic acids is 3. The molecular formula is C15H17FN2O3. The summed E-state index contributed by atoms with van der Waals surface area (Å²) in [5, 5.41) is 5.12. The summed E-state index contributed by atoms with van der Waals surface area (Å²) in [5.41, 5.74) is 0.530. The normalized spacial score (nSPS) is 21.2. The molecule has 2 rings (SSSR count). The number of halogens is 1. The summed E-state index contributed by atoms with van der Waals surface area (Å²) in [6.45, 7) is 3.62. The van der Waals surface area contributed by atoms with Crippen molar-refractivity contribution in [1.82, 2.24) is 10.6 Å². The SMILES string of the molecule is CC(C)NC(=O)C(=O)[C@H]1CNC(=O)[C@@H]1c1ccc(F)cc1. The summed E-state index contributed by atoms with van der Waals surface area (Å²) in [7, 11) is 0. The van der Waals surface area contributed by atoms with Gasteiger partial charge in [0, 0.05) is 12.6 Å². The first-order chi connectivity index (χ1) is 9.90. The molecule has 112 valence electrons. The minimum Gasteiger partial charge on any atom is -0.355 e. The van der Waals surface area contributed by atoms with Crippen molar-refractivity contribution >= 4 is 17.6 Å². The van der Waals surface area contributed by atoms with Gasteiger partial charge in [-0.05, 0) is 31.5 Å². The van der Waals surface area contributed by atoms with Gasteiger partial charge in [-0.1, -0.05) is 12.1 Å². The number of amides is 2. The minimum atomic E-state index is -0.762. The minimum absolute atomic E-state index is 0.116. The molecule has 1 heterocycles. The highest BCUT2D eigenvalue weighted by Gasteiger charge is 2.42. The lowest BCUT2D eigenvalue weighted by Gasteiger charge is -2.16. The van der Waals surface area contributed by atoms with Gasteiger partial charge >= 0.3 is 0 Å². The molecule has 0 bridgehead atoms. The van der Waals surface area contributed by atoms with Gasteiger partial charge in [-0.2, -0.15) is 0 Å². The van der Waals surface area contributed by atoms with Crippen LogP contribution in [0.5, 0.6) is 0 Å². The summed E-state index contributed by atoms with van der Waals surface area (Å²) in [4.78, 5) is 35.9. The fraction of sp³-hybridized carbons (Fsp3) is 0.400. The van der Waals surface area contributed by atoms with E-state index in [0.717, 1.165) is 0 Å². The lowest BCUT2D eigenvalue weighted by molar-refractivity contribution is -0.140. The Kier molecular flexibility index (Phi) is 4.35. The Bertz CT molecular complexity index is 569. The molecule has 0 saturated carbocycles. The molecule has 2 amide bonds. The van der Waals surface area contributed by atoms with E-state index >= 15 is 0 Å². The average Bonchev–Trinajstić information content (AvgIpc) is 2.80. The lowest BCUT2D eigenvalue weighted by Crippen LogP contribution is -2.41. The Morgan fingerprint density at radius 2 is 1.90 bits per heavy atom. The lowest BCUT2D eigenvalue weighted by atomic mass is 9.85. The maximum atomic E-state index is 13.0.